The van der Waals surface area contributed by atoms with Gasteiger partial charge in [0.1, 0.15) is 0 Å². The highest BCUT2D eigenvalue weighted by atomic mass is 35.5. The molecule has 0 aliphatic heterocycles. The van der Waals surface area contributed by atoms with Crippen molar-refractivity contribution in [2.24, 2.45) is 0 Å². The summed E-state index contributed by atoms with van der Waals surface area (Å²) < 4.78 is 37.6. The number of nitro benzene ring substituents is 1. The van der Waals surface area contributed by atoms with E-state index in [1.54, 1.807) is 38.1 Å². The second-order valence-corrected chi connectivity index (χ2v) is 8.76. The smallest absolute Gasteiger partial charge is 0.312 e. The Kier molecular flexibility index (Phi) is 6.94. The fourth-order valence-corrected chi connectivity index (χ4v) is 4.50. The van der Waals surface area contributed by atoms with Crippen LogP contribution in [0.5, 0.6) is 5.75 Å². The predicted molar refractivity (Wildman–Crippen MR) is 114 cm³/mol. The van der Waals surface area contributed by atoms with Crippen LogP contribution in [0.2, 0.25) is 5.02 Å². The molecule has 31 heavy (non-hydrogen) atoms. The molecule has 0 unspecified atom stereocenters. The highest BCUT2D eigenvalue weighted by Gasteiger charge is 2.26. The predicted octanol–water partition coefficient (Wildman–Crippen LogP) is 4.51. The highest BCUT2D eigenvalue weighted by Crippen LogP contribution is 2.32. The van der Waals surface area contributed by atoms with Crippen LogP contribution in [0.4, 0.5) is 5.69 Å². The third-order valence-electron chi connectivity index (χ3n) is 4.50. The van der Waals surface area contributed by atoms with Gasteiger partial charge in [-0.05, 0) is 36.4 Å². The molecule has 1 heterocycles. The van der Waals surface area contributed by atoms with Crippen molar-refractivity contribution in [1.82, 2.24) is 9.29 Å². The molecular weight excluding hydrogens is 446 g/mol. The lowest BCUT2D eigenvalue weighted by atomic mass is 10.2. The second-order valence-electron chi connectivity index (χ2n) is 6.39. The summed E-state index contributed by atoms with van der Waals surface area (Å²) in [6.45, 7) is 3.73. The van der Waals surface area contributed by atoms with Crippen LogP contribution in [0.3, 0.4) is 0 Å². The van der Waals surface area contributed by atoms with E-state index in [4.69, 9.17) is 20.8 Å². The quantitative estimate of drug-likeness (QED) is 0.337. The number of oxazole rings is 1. The molecule has 164 valence electrons. The van der Waals surface area contributed by atoms with Gasteiger partial charge in [0.2, 0.25) is 15.9 Å². The molecule has 1 aromatic heterocycles. The molecule has 0 atom stereocenters. The van der Waals surface area contributed by atoms with Gasteiger partial charge in [0.05, 0.1) is 16.0 Å². The number of nitro groups is 1. The molecule has 0 saturated heterocycles. The average molecular weight is 466 g/mol. The number of aromatic nitrogens is 1. The van der Waals surface area contributed by atoms with Crippen LogP contribution in [-0.4, -0.2) is 35.7 Å². The maximum atomic E-state index is 12.6. The molecule has 0 bridgehead atoms. The van der Waals surface area contributed by atoms with Crippen LogP contribution in [0.15, 0.2) is 58.0 Å². The van der Waals surface area contributed by atoms with Crippen molar-refractivity contribution in [3.63, 3.8) is 0 Å². The Morgan fingerprint density at radius 2 is 1.84 bits per heavy atom. The van der Waals surface area contributed by atoms with Gasteiger partial charge in [-0.1, -0.05) is 25.4 Å². The maximum absolute atomic E-state index is 12.6. The van der Waals surface area contributed by atoms with Crippen molar-refractivity contribution < 1.29 is 22.5 Å². The molecule has 0 radical (unpaired) electrons. The maximum Gasteiger partial charge on any atom is 0.312 e. The number of halogens is 1. The van der Waals surface area contributed by atoms with E-state index in [1.165, 1.54) is 22.6 Å². The van der Waals surface area contributed by atoms with E-state index in [9.17, 15) is 18.5 Å². The summed E-state index contributed by atoms with van der Waals surface area (Å²) >= 11 is 5.87. The zero-order valence-corrected chi connectivity index (χ0v) is 18.4. The van der Waals surface area contributed by atoms with Gasteiger partial charge in [0.25, 0.3) is 0 Å². The van der Waals surface area contributed by atoms with E-state index in [0.717, 1.165) is 11.6 Å². The van der Waals surface area contributed by atoms with Crippen LogP contribution in [-0.2, 0) is 16.6 Å². The van der Waals surface area contributed by atoms with Gasteiger partial charge in [0.15, 0.2) is 18.1 Å². The molecule has 0 N–H and O–H groups in total. The molecule has 0 amide bonds. The first kappa shape index (κ1) is 22.7. The van der Waals surface area contributed by atoms with Gasteiger partial charge in [-0.2, -0.15) is 4.31 Å². The second kappa shape index (κ2) is 9.46. The minimum Gasteiger partial charge on any atom is -0.477 e. The average Bonchev–Trinajstić information content (AvgIpc) is 3.22. The van der Waals surface area contributed by atoms with E-state index >= 15 is 0 Å². The van der Waals surface area contributed by atoms with Crippen LogP contribution < -0.4 is 4.74 Å². The molecule has 11 heteroatoms. The SMILES string of the molecule is CCN(CC)S(=O)(=O)c1ccc(OCc2ncc(-c3ccc(Cl)cc3)o2)c([N+](=O)[O-])c1. The number of nitrogens with zero attached hydrogens (tertiary/aromatic N) is 3. The lowest BCUT2D eigenvalue weighted by molar-refractivity contribution is -0.386. The Morgan fingerprint density at radius 1 is 1.16 bits per heavy atom. The molecule has 2 aromatic carbocycles. The van der Waals surface area contributed by atoms with Gasteiger partial charge in [-0.15, -0.1) is 0 Å². The number of hydrogen-bond acceptors (Lipinski definition) is 7. The summed E-state index contributed by atoms with van der Waals surface area (Å²) in [5.74, 6) is 0.610. The molecule has 0 spiro atoms. The highest BCUT2D eigenvalue weighted by molar-refractivity contribution is 7.89. The number of sulfonamides is 1. The van der Waals surface area contributed by atoms with Crippen LogP contribution in [0, 0.1) is 10.1 Å². The molecule has 9 nitrogen and oxygen atoms in total. The Hall–Kier alpha value is -2.95. The van der Waals surface area contributed by atoms with Crippen molar-refractivity contribution in [2.75, 3.05) is 13.1 Å². The minimum absolute atomic E-state index is 0.0882. The van der Waals surface area contributed by atoms with Crippen LogP contribution in [0.25, 0.3) is 11.3 Å². The Morgan fingerprint density at radius 3 is 2.45 bits per heavy atom. The summed E-state index contributed by atoms with van der Waals surface area (Å²) in [5, 5.41) is 12.1. The van der Waals surface area contributed by atoms with Crippen molar-refractivity contribution in [3.8, 4) is 17.1 Å². The summed E-state index contributed by atoms with van der Waals surface area (Å²) in [7, 11) is -3.84. The number of ether oxygens (including phenoxy) is 1. The fraction of sp³-hybridized carbons (Fsp3) is 0.250. The van der Waals surface area contributed by atoms with E-state index in [2.05, 4.69) is 4.98 Å². The number of rotatable bonds is 9. The molecular formula is C20H20ClN3O6S. The van der Waals surface area contributed by atoms with Gasteiger partial charge in [-0.3, -0.25) is 10.1 Å². The standard InChI is InChI=1S/C20H20ClN3O6S/c1-3-23(4-2)31(27,28)16-9-10-18(17(11-16)24(25)26)29-13-20-22-12-19(30-20)14-5-7-15(21)8-6-14/h5-12H,3-4,13H2,1-2H3. The monoisotopic (exact) mass is 465 g/mol. The zero-order valence-electron chi connectivity index (χ0n) is 16.8. The fourth-order valence-electron chi connectivity index (χ4n) is 2.90. The molecule has 0 aliphatic rings. The van der Waals surface area contributed by atoms with E-state index in [-0.39, 0.29) is 36.2 Å². The first-order valence-corrected chi connectivity index (χ1v) is 11.2. The lowest BCUT2D eigenvalue weighted by Gasteiger charge is -2.18. The first-order valence-electron chi connectivity index (χ1n) is 9.38. The topological polar surface area (TPSA) is 116 Å². The molecule has 3 rings (SSSR count). The minimum atomic E-state index is -3.84. The Balaban J connectivity index is 1.81. The number of benzene rings is 2. The van der Waals surface area contributed by atoms with Gasteiger partial charge in [-0.25, -0.2) is 13.4 Å². The Labute approximate surface area is 184 Å². The largest absolute Gasteiger partial charge is 0.477 e. The van der Waals surface area contributed by atoms with Crippen molar-refractivity contribution in [2.45, 2.75) is 25.3 Å². The molecule has 0 saturated carbocycles. The molecule has 0 fully saturated rings. The van der Waals surface area contributed by atoms with Crippen LogP contribution in [0.1, 0.15) is 19.7 Å². The Bertz CT molecular complexity index is 1170. The van der Waals surface area contributed by atoms with Crippen molar-refractivity contribution in [3.05, 3.63) is 69.7 Å². The summed E-state index contributed by atoms with van der Waals surface area (Å²) in [5.41, 5.74) is 0.304. The van der Waals surface area contributed by atoms with E-state index in [0.29, 0.717) is 10.8 Å². The van der Waals surface area contributed by atoms with Crippen molar-refractivity contribution >= 4 is 27.3 Å². The third-order valence-corrected chi connectivity index (χ3v) is 6.80. The molecule has 3 aromatic rings. The van der Waals surface area contributed by atoms with Crippen LogP contribution >= 0.6 is 11.6 Å². The van der Waals surface area contributed by atoms with E-state index < -0.39 is 20.6 Å². The summed E-state index contributed by atoms with van der Waals surface area (Å²) in [6, 6.07) is 10.5. The van der Waals surface area contributed by atoms with Crippen molar-refractivity contribution in [1.29, 1.82) is 0 Å². The van der Waals surface area contributed by atoms with Gasteiger partial charge in [0, 0.05) is 29.7 Å². The van der Waals surface area contributed by atoms with Gasteiger partial charge < -0.3 is 9.15 Å². The zero-order chi connectivity index (χ0) is 22.6. The van der Waals surface area contributed by atoms with E-state index in [1.807, 2.05) is 0 Å². The first-order chi connectivity index (χ1) is 14.8. The summed E-state index contributed by atoms with van der Waals surface area (Å²) in [4.78, 5) is 14.8. The molecule has 0 aliphatic carbocycles. The van der Waals surface area contributed by atoms with Gasteiger partial charge >= 0.3 is 5.69 Å². The number of hydrogen-bond donors (Lipinski definition) is 0. The summed E-state index contributed by atoms with van der Waals surface area (Å²) in [6.07, 6.45) is 1.51. The lowest BCUT2D eigenvalue weighted by Crippen LogP contribution is -2.30. The third kappa shape index (κ3) is 5.04. The normalized spacial score (nSPS) is 11.6.